The van der Waals surface area contributed by atoms with Gasteiger partial charge >= 0.3 is 5.97 Å². The van der Waals surface area contributed by atoms with E-state index < -0.39 is 5.97 Å². The fraction of sp³-hybridized carbons (Fsp3) is 0.250. The molecule has 0 aliphatic rings. The zero-order chi connectivity index (χ0) is 15.2. The lowest BCUT2D eigenvalue weighted by atomic mass is 10.1. The van der Waals surface area contributed by atoms with Crippen molar-refractivity contribution in [1.29, 1.82) is 0 Å². The molecule has 2 rings (SSSR count). The second-order valence-corrected chi connectivity index (χ2v) is 5.59. The summed E-state index contributed by atoms with van der Waals surface area (Å²) in [7, 11) is 0. The molecule has 4 nitrogen and oxygen atoms in total. The van der Waals surface area contributed by atoms with Gasteiger partial charge in [-0.2, -0.15) is 0 Å². The third kappa shape index (κ3) is 4.16. The minimum Gasteiger partial charge on any atom is -0.481 e. The van der Waals surface area contributed by atoms with Crippen LogP contribution in [0.2, 0.25) is 0 Å². The van der Waals surface area contributed by atoms with E-state index in [1.807, 2.05) is 30.5 Å². The first-order valence-corrected chi connectivity index (χ1v) is 7.66. The molecule has 0 unspecified atom stereocenters. The molecule has 2 N–H and O–H groups in total. The van der Waals surface area contributed by atoms with Crippen molar-refractivity contribution in [3.8, 4) is 0 Å². The van der Waals surface area contributed by atoms with Gasteiger partial charge in [-0.15, -0.1) is 11.3 Å². The number of nitrogens with one attached hydrogen (secondary N) is 1. The average molecular weight is 303 g/mol. The number of carboxylic acids is 1. The molecule has 21 heavy (non-hydrogen) atoms. The van der Waals surface area contributed by atoms with E-state index in [-0.39, 0.29) is 12.3 Å². The van der Waals surface area contributed by atoms with E-state index in [1.165, 1.54) is 11.3 Å². The smallest absolute Gasteiger partial charge is 0.303 e. The number of carbonyl (C=O) groups excluding carboxylic acids is 1. The number of anilines is 1. The number of hydrogen-bond acceptors (Lipinski definition) is 3. The number of rotatable bonds is 6. The molecule has 0 bridgehead atoms. The number of aliphatic carboxylic acids is 1. The number of thiophene rings is 1. The number of benzene rings is 1. The van der Waals surface area contributed by atoms with Gasteiger partial charge in [0, 0.05) is 12.1 Å². The monoisotopic (exact) mass is 303 g/mol. The summed E-state index contributed by atoms with van der Waals surface area (Å²) in [6.45, 7) is 2.02. The van der Waals surface area contributed by atoms with Gasteiger partial charge in [0.05, 0.1) is 4.88 Å². The van der Waals surface area contributed by atoms with Gasteiger partial charge in [0.15, 0.2) is 0 Å². The summed E-state index contributed by atoms with van der Waals surface area (Å²) in [4.78, 5) is 23.4. The molecule has 110 valence electrons. The van der Waals surface area contributed by atoms with E-state index >= 15 is 0 Å². The predicted molar refractivity (Wildman–Crippen MR) is 84.0 cm³/mol. The largest absolute Gasteiger partial charge is 0.481 e. The lowest BCUT2D eigenvalue weighted by Crippen LogP contribution is -2.11. The van der Waals surface area contributed by atoms with E-state index in [1.54, 1.807) is 12.1 Å². The van der Waals surface area contributed by atoms with Crippen molar-refractivity contribution in [2.75, 3.05) is 5.32 Å². The standard InChI is InChI=1S/C16H17NO3S/c1-2-12-9-10-21-15(12)16(20)17-13-6-3-11(4-7-13)5-8-14(18)19/h3-4,6-7,9-10H,2,5,8H2,1H3,(H,17,20)(H,18,19). The van der Waals surface area contributed by atoms with E-state index in [0.717, 1.165) is 28.1 Å². The van der Waals surface area contributed by atoms with Crippen LogP contribution in [0.3, 0.4) is 0 Å². The quantitative estimate of drug-likeness (QED) is 0.857. The Labute approximate surface area is 127 Å². The Hall–Kier alpha value is -2.14. The van der Waals surface area contributed by atoms with Crippen molar-refractivity contribution < 1.29 is 14.7 Å². The maximum absolute atomic E-state index is 12.2. The van der Waals surface area contributed by atoms with E-state index in [9.17, 15) is 9.59 Å². The molecule has 0 radical (unpaired) electrons. The highest BCUT2D eigenvalue weighted by Crippen LogP contribution is 2.19. The van der Waals surface area contributed by atoms with Crippen LogP contribution in [0.1, 0.15) is 34.1 Å². The molecule has 0 spiro atoms. The Morgan fingerprint density at radius 1 is 1.19 bits per heavy atom. The molecule has 1 heterocycles. The minimum absolute atomic E-state index is 0.0971. The Morgan fingerprint density at radius 2 is 1.90 bits per heavy atom. The number of aryl methyl sites for hydroxylation is 2. The highest BCUT2D eigenvalue weighted by atomic mass is 32.1. The van der Waals surface area contributed by atoms with Gasteiger partial charge in [0.2, 0.25) is 0 Å². The summed E-state index contributed by atoms with van der Waals surface area (Å²) >= 11 is 1.44. The topological polar surface area (TPSA) is 66.4 Å². The zero-order valence-electron chi connectivity index (χ0n) is 11.8. The minimum atomic E-state index is -0.808. The number of amides is 1. The van der Waals surface area contributed by atoms with Gasteiger partial charge in [-0.1, -0.05) is 19.1 Å². The van der Waals surface area contributed by atoms with Gasteiger partial charge in [-0.25, -0.2) is 0 Å². The number of carboxylic acid groups (broad SMARTS) is 1. The highest BCUT2D eigenvalue weighted by molar-refractivity contribution is 7.12. The van der Waals surface area contributed by atoms with Crippen molar-refractivity contribution in [3.63, 3.8) is 0 Å². The molecule has 0 saturated heterocycles. The van der Waals surface area contributed by atoms with Crippen LogP contribution in [0.5, 0.6) is 0 Å². The Bertz CT molecular complexity index is 631. The molecule has 1 amide bonds. The molecule has 0 fully saturated rings. The molecule has 2 aromatic rings. The summed E-state index contributed by atoms with van der Waals surface area (Å²) in [6, 6.07) is 9.25. The van der Waals surface area contributed by atoms with Crippen molar-refractivity contribution in [3.05, 3.63) is 51.7 Å². The highest BCUT2D eigenvalue weighted by Gasteiger charge is 2.12. The number of carbonyl (C=O) groups is 2. The first kappa shape index (κ1) is 15.3. The van der Waals surface area contributed by atoms with Gasteiger partial charge in [0.1, 0.15) is 0 Å². The third-order valence-corrected chi connectivity index (χ3v) is 4.13. The Balaban J connectivity index is 2.00. The summed E-state index contributed by atoms with van der Waals surface area (Å²) in [5, 5.41) is 13.4. The lowest BCUT2D eigenvalue weighted by Gasteiger charge is -2.06. The zero-order valence-corrected chi connectivity index (χ0v) is 12.6. The fourth-order valence-electron chi connectivity index (χ4n) is 2.01. The predicted octanol–water partition coefficient (Wildman–Crippen LogP) is 3.58. The maximum Gasteiger partial charge on any atom is 0.303 e. The Morgan fingerprint density at radius 3 is 2.52 bits per heavy atom. The van der Waals surface area contributed by atoms with Crippen molar-refractivity contribution >= 4 is 28.9 Å². The van der Waals surface area contributed by atoms with Crippen LogP contribution in [0.15, 0.2) is 35.7 Å². The molecular formula is C16H17NO3S. The molecule has 0 saturated carbocycles. The van der Waals surface area contributed by atoms with Crippen LogP contribution in [-0.2, 0) is 17.6 Å². The molecule has 0 aliphatic carbocycles. The molecule has 5 heteroatoms. The first-order valence-electron chi connectivity index (χ1n) is 6.78. The second kappa shape index (κ2) is 7.04. The van der Waals surface area contributed by atoms with Crippen LogP contribution in [0.25, 0.3) is 0 Å². The van der Waals surface area contributed by atoms with Crippen molar-refractivity contribution in [2.45, 2.75) is 26.2 Å². The molecule has 1 aromatic carbocycles. The maximum atomic E-state index is 12.2. The Kier molecular flexibility index (Phi) is 5.11. The van der Waals surface area contributed by atoms with E-state index in [4.69, 9.17) is 5.11 Å². The second-order valence-electron chi connectivity index (χ2n) is 4.67. The van der Waals surface area contributed by atoms with Gasteiger partial charge in [-0.3, -0.25) is 9.59 Å². The van der Waals surface area contributed by atoms with Gasteiger partial charge in [0.25, 0.3) is 5.91 Å². The molecule has 0 aliphatic heterocycles. The average Bonchev–Trinajstić information content (AvgIpc) is 2.95. The SMILES string of the molecule is CCc1ccsc1C(=O)Nc1ccc(CCC(=O)O)cc1. The number of hydrogen-bond donors (Lipinski definition) is 2. The molecular weight excluding hydrogens is 286 g/mol. The van der Waals surface area contributed by atoms with Crippen LogP contribution >= 0.6 is 11.3 Å². The summed E-state index contributed by atoms with van der Waals surface area (Å²) in [5.74, 6) is -0.905. The van der Waals surface area contributed by atoms with Crippen LogP contribution in [0.4, 0.5) is 5.69 Å². The summed E-state index contributed by atoms with van der Waals surface area (Å²) in [6.07, 6.45) is 1.44. The van der Waals surface area contributed by atoms with Gasteiger partial charge < -0.3 is 10.4 Å². The van der Waals surface area contributed by atoms with E-state index in [0.29, 0.717) is 6.42 Å². The summed E-state index contributed by atoms with van der Waals surface area (Å²) < 4.78 is 0. The van der Waals surface area contributed by atoms with Crippen LogP contribution in [0, 0.1) is 0 Å². The van der Waals surface area contributed by atoms with Crippen molar-refractivity contribution in [2.24, 2.45) is 0 Å². The van der Waals surface area contributed by atoms with Crippen LogP contribution < -0.4 is 5.32 Å². The molecule has 0 atom stereocenters. The lowest BCUT2D eigenvalue weighted by molar-refractivity contribution is -0.136. The first-order chi connectivity index (χ1) is 10.1. The summed E-state index contributed by atoms with van der Waals surface area (Å²) in [5.41, 5.74) is 2.71. The third-order valence-electron chi connectivity index (χ3n) is 3.17. The van der Waals surface area contributed by atoms with Gasteiger partial charge in [-0.05, 0) is 47.5 Å². The fourth-order valence-corrected chi connectivity index (χ4v) is 2.90. The van der Waals surface area contributed by atoms with Crippen molar-refractivity contribution in [1.82, 2.24) is 0 Å². The van der Waals surface area contributed by atoms with Crippen LogP contribution in [-0.4, -0.2) is 17.0 Å². The van der Waals surface area contributed by atoms with E-state index in [2.05, 4.69) is 5.32 Å². The molecule has 1 aromatic heterocycles. The normalized spacial score (nSPS) is 10.3.